The first-order valence-corrected chi connectivity index (χ1v) is 7.39. The Bertz CT molecular complexity index is 921. The quantitative estimate of drug-likeness (QED) is 0.651. The Kier molecular flexibility index (Phi) is 4.79. The summed E-state index contributed by atoms with van der Waals surface area (Å²) in [6.07, 6.45) is 4.39. The van der Waals surface area contributed by atoms with E-state index in [1.54, 1.807) is 18.2 Å². The second-order valence-corrected chi connectivity index (χ2v) is 4.91. The normalized spacial score (nSPS) is 10.4. The number of amides is 1. The third-order valence-corrected chi connectivity index (χ3v) is 3.32. The number of carbonyl (C=O) groups is 1. The highest BCUT2D eigenvalue weighted by atomic mass is 16.5. The van der Waals surface area contributed by atoms with Crippen LogP contribution in [0.3, 0.4) is 0 Å². The molecule has 1 amide bonds. The molecule has 0 bridgehead atoms. The largest absolute Gasteiger partial charge is 0.480 e. The maximum atomic E-state index is 12.2. The smallest absolute Gasteiger partial charge is 0.266 e. The van der Waals surface area contributed by atoms with Crippen molar-refractivity contribution in [1.82, 2.24) is 34.8 Å². The molecule has 3 heterocycles. The van der Waals surface area contributed by atoms with Gasteiger partial charge in [-0.3, -0.25) is 9.59 Å². The van der Waals surface area contributed by atoms with Crippen LogP contribution in [0.5, 0.6) is 5.88 Å². The summed E-state index contributed by atoms with van der Waals surface area (Å²) in [7, 11) is 1.44. The fraction of sp³-hybridized carbons (Fsp3) is 0.200. The molecule has 1 N–H and O–H groups in total. The van der Waals surface area contributed by atoms with Crippen molar-refractivity contribution in [2.24, 2.45) is 0 Å². The van der Waals surface area contributed by atoms with Crippen LogP contribution in [-0.4, -0.2) is 49.1 Å². The number of methoxy groups -OCH3 is 1. The van der Waals surface area contributed by atoms with Crippen molar-refractivity contribution < 1.29 is 9.53 Å². The number of hydrogen-bond donors (Lipinski definition) is 1. The van der Waals surface area contributed by atoms with E-state index in [9.17, 15) is 9.59 Å². The lowest BCUT2D eigenvalue weighted by Gasteiger charge is -2.09. The molecule has 3 aromatic heterocycles. The SMILES string of the molecule is COc1ncccc1C(=O)NCCn1nc(-n2cncn2)ccc1=O. The zero-order valence-electron chi connectivity index (χ0n) is 13.4. The summed E-state index contributed by atoms with van der Waals surface area (Å²) in [5, 5.41) is 10.9. The van der Waals surface area contributed by atoms with Gasteiger partial charge in [0.15, 0.2) is 5.82 Å². The molecule has 0 saturated heterocycles. The van der Waals surface area contributed by atoms with Crippen LogP contribution < -0.4 is 15.6 Å². The van der Waals surface area contributed by atoms with Crippen LogP contribution in [-0.2, 0) is 6.54 Å². The monoisotopic (exact) mass is 341 g/mol. The molecular formula is C15H15N7O3. The topological polar surface area (TPSA) is 117 Å². The fourth-order valence-corrected chi connectivity index (χ4v) is 2.14. The summed E-state index contributed by atoms with van der Waals surface area (Å²) >= 11 is 0. The van der Waals surface area contributed by atoms with Gasteiger partial charge in [0.05, 0.1) is 13.7 Å². The first-order valence-electron chi connectivity index (χ1n) is 7.39. The second-order valence-electron chi connectivity index (χ2n) is 4.91. The number of ether oxygens (including phenoxy) is 1. The highest BCUT2D eigenvalue weighted by Gasteiger charge is 2.12. The maximum Gasteiger partial charge on any atom is 0.266 e. The van der Waals surface area contributed by atoms with Crippen molar-refractivity contribution in [3.8, 4) is 11.7 Å². The van der Waals surface area contributed by atoms with Crippen molar-refractivity contribution in [3.05, 3.63) is 59.0 Å². The number of carbonyl (C=O) groups excluding carboxylic acids is 1. The van der Waals surface area contributed by atoms with Crippen LogP contribution in [0.25, 0.3) is 5.82 Å². The Morgan fingerprint density at radius 1 is 1.32 bits per heavy atom. The van der Waals surface area contributed by atoms with Crippen molar-refractivity contribution in [2.45, 2.75) is 6.54 Å². The first-order chi connectivity index (χ1) is 12.2. The van der Waals surface area contributed by atoms with Crippen molar-refractivity contribution >= 4 is 5.91 Å². The molecule has 0 fully saturated rings. The van der Waals surface area contributed by atoms with E-state index in [-0.39, 0.29) is 30.4 Å². The second kappa shape index (κ2) is 7.34. The fourth-order valence-electron chi connectivity index (χ4n) is 2.14. The van der Waals surface area contributed by atoms with Crippen molar-refractivity contribution in [1.29, 1.82) is 0 Å². The predicted octanol–water partition coefficient (Wildman–Crippen LogP) is -0.342. The van der Waals surface area contributed by atoms with Gasteiger partial charge in [-0.05, 0) is 18.2 Å². The van der Waals surface area contributed by atoms with E-state index in [4.69, 9.17) is 4.74 Å². The van der Waals surface area contributed by atoms with Gasteiger partial charge in [0.25, 0.3) is 11.5 Å². The van der Waals surface area contributed by atoms with E-state index in [2.05, 4.69) is 25.5 Å². The van der Waals surface area contributed by atoms with Gasteiger partial charge in [-0.25, -0.2) is 19.3 Å². The molecule has 25 heavy (non-hydrogen) atoms. The van der Waals surface area contributed by atoms with Crippen LogP contribution in [0, 0.1) is 0 Å². The van der Waals surface area contributed by atoms with Gasteiger partial charge in [-0.1, -0.05) is 0 Å². The average molecular weight is 341 g/mol. The highest BCUT2D eigenvalue weighted by Crippen LogP contribution is 2.12. The summed E-state index contributed by atoms with van der Waals surface area (Å²) in [5.41, 5.74) is 0.0405. The van der Waals surface area contributed by atoms with Crippen LogP contribution >= 0.6 is 0 Å². The molecule has 0 atom stereocenters. The molecule has 128 valence electrons. The first kappa shape index (κ1) is 16.3. The summed E-state index contributed by atoms with van der Waals surface area (Å²) in [4.78, 5) is 31.9. The van der Waals surface area contributed by atoms with E-state index in [0.29, 0.717) is 11.4 Å². The van der Waals surface area contributed by atoms with Crippen LogP contribution in [0.2, 0.25) is 0 Å². The van der Waals surface area contributed by atoms with Gasteiger partial charge < -0.3 is 10.1 Å². The molecule has 3 aromatic rings. The molecule has 0 spiro atoms. The zero-order chi connectivity index (χ0) is 17.6. The molecule has 10 heteroatoms. The van der Waals surface area contributed by atoms with E-state index in [1.807, 2.05) is 0 Å². The lowest BCUT2D eigenvalue weighted by molar-refractivity contribution is 0.0948. The van der Waals surface area contributed by atoms with E-state index >= 15 is 0 Å². The Hall–Kier alpha value is -3.56. The molecular weight excluding hydrogens is 326 g/mol. The molecule has 0 aliphatic heterocycles. The zero-order valence-corrected chi connectivity index (χ0v) is 13.4. The van der Waals surface area contributed by atoms with E-state index in [1.165, 1.54) is 41.4 Å². The summed E-state index contributed by atoms with van der Waals surface area (Å²) in [6, 6.07) is 6.19. The average Bonchev–Trinajstić information content (AvgIpc) is 3.17. The number of nitrogens with one attached hydrogen (secondary N) is 1. The van der Waals surface area contributed by atoms with Crippen LogP contribution in [0.4, 0.5) is 0 Å². The Morgan fingerprint density at radius 2 is 2.20 bits per heavy atom. The molecule has 3 rings (SSSR count). The van der Waals surface area contributed by atoms with Crippen molar-refractivity contribution in [3.63, 3.8) is 0 Å². The minimum atomic E-state index is -0.342. The molecule has 10 nitrogen and oxygen atoms in total. The molecule has 0 radical (unpaired) electrons. The molecule has 0 aliphatic carbocycles. The lowest BCUT2D eigenvalue weighted by Crippen LogP contribution is -2.32. The number of pyridine rings is 1. The number of hydrogen-bond acceptors (Lipinski definition) is 7. The summed E-state index contributed by atoms with van der Waals surface area (Å²) in [5.74, 6) is 0.353. The van der Waals surface area contributed by atoms with E-state index in [0.717, 1.165) is 0 Å². The highest BCUT2D eigenvalue weighted by molar-refractivity contribution is 5.96. The Labute approximate surface area is 142 Å². The van der Waals surface area contributed by atoms with Crippen molar-refractivity contribution in [2.75, 3.05) is 13.7 Å². The molecule has 0 unspecified atom stereocenters. The Balaban J connectivity index is 1.67. The number of nitrogens with zero attached hydrogens (tertiary/aromatic N) is 6. The third-order valence-electron chi connectivity index (χ3n) is 3.32. The minimum Gasteiger partial charge on any atom is -0.480 e. The van der Waals surface area contributed by atoms with Gasteiger partial charge in [-0.2, -0.15) is 5.10 Å². The third kappa shape index (κ3) is 3.68. The van der Waals surface area contributed by atoms with Gasteiger partial charge >= 0.3 is 0 Å². The summed E-state index contributed by atoms with van der Waals surface area (Å²) in [6.45, 7) is 0.417. The number of aromatic nitrogens is 6. The van der Waals surface area contributed by atoms with Gasteiger partial charge in [0.2, 0.25) is 5.88 Å². The standard InChI is InChI=1S/C15H15N7O3/c1-25-15-11(3-2-6-18-15)14(24)17-7-8-21-13(23)5-4-12(20-21)22-10-16-9-19-22/h2-6,9-10H,7-8H2,1H3,(H,17,24). The summed E-state index contributed by atoms with van der Waals surface area (Å²) < 4.78 is 7.74. The molecule has 0 saturated carbocycles. The number of rotatable bonds is 6. The van der Waals surface area contributed by atoms with Gasteiger partial charge in [0, 0.05) is 18.8 Å². The lowest BCUT2D eigenvalue weighted by atomic mass is 10.2. The van der Waals surface area contributed by atoms with E-state index < -0.39 is 0 Å². The maximum absolute atomic E-state index is 12.2. The molecule has 0 aromatic carbocycles. The molecule has 0 aliphatic rings. The van der Waals surface area contributed by atoms with Gasteiger partial charge in [0.1, 0.15) is 18.2 Å². The van der Waals surface area contributed by atoms with Crippen LogP contribution in [0.15, 0.2) is 47.9 Å². The Morgan fingerprint density at radius 3 is 2.96 bits per heavy atom. The minimum absolute atomic E-state index is 0.204. The predicted molar refractivity (Wildman–Crippen MR) is 86.5 cm³/mol. The van der Waals surface area contributed by atoms with Crippen LogP contribution in [0.1, 0.15) is 10.4 Å². The van der Waals surface area contributed by atoms with Gasteiger partial charge in [-0.15, -0.1) is 5.10 Å².